The van der Waals surface area contributed by atoms with Gasteiger partial charge in [0.25, 0.3) is 0 Å². The van der Waals surface area contributed by atoms with Gasteiger partial charge in [-0.25, -0.2) is 0 Å². The maximum atomic E-state index is 11.7. The maximum Gasteiger partial charge on any atom is 0.307 e. The van der Waals surface area contributed by atoms with Crippen LogP contribution in [-0.2, 0) is 4.79 Å². The van der Waals surface area contributed by atoms with Crippen LogP contribution >= 0.6 is 0 Å². The summed E-state index contributed by atoms with van der Waals surface area (Å²) in [6.45, 7) is 8.78. The Bertz CT molecular complexity index is 282. The first kappa shape index (κ1) is 23.5. The first-order valence-corrected chi connectivity index (χ1v) is 10.7. The van der Waals surface area contributed by atoms with Gasteiger partial charge in [0, 0.05) is 0 Å². The lowest BCUT2D eigenvalue weighted by Crippen LogP contribution is -2.33. The molecule has 1 atom stereocenters. The molecule has 0 fully saturated rings. The maximum absolute atomic E-state index is 11.7. The van der Waals surface area contributed by atoms with Crippen LogP contribution in [0.1, 0.15) is 124 Å². The normalized spacial score (nSPS) is 13.2. The van der Waals surface area contributed by atoms with E-state index in [4.69, 9.17) is 0 Å². The second-order valence-corrected chi connectivity index (χ2v) is 7.99. The predicted molar refractivity (Wildman–Crippen MR) is 106 cm³/mol. The fourth-order valence-electron chi connectivity index (χ4n) is 4.06. The van der Waals surface area contributed by atoms with Gasteiger partial charge in [0.2, 0.25) is 0 Å². The van der Waals surface area contributed by atoms with E-state index >= 15 is 0 Å². The molecule has 0 radical (unpaired) electrons. The highest BCUT2D eigenvalue weighted by molar-refractivity contribution is 5.70. The summed E-state index contributed by atoms with van der Waals surface area (Å²) in [4.78, 5) is 11.7. The van der Waals surface area contributed by atoms with Gasteiger partial charge in [-0.1, -0.05) is 105 Å². The van der Waals surface area contributed by atoms with Crippen molar-refractivity contribution in [3.05, 3.63) is 0 Å². The number of carbonyl (C=O) groups is 1. The second kappa shape index (κ2) is 14.8. The predicted octanol–water partition coefficient (Wildman–Crippen LogP) is 7.60. The summed E-state index contributed by atoms with van der Waals surface area (Å²) in [5.41, 5.74) is -0.0178. The summed E-state index contributed by atoms with van der Waals surface area (Å²) in [5.74, 6) is -0.763. The number of rotatable bonds is 17. The number of hydrogen-bond donors (Lipinski definition) is 1. The molecule has 0 aliphatic rings. The molecule has 0 spiro atoms. The van der Waals surface area contributed by atoms with Gasteiger partial charge in [0.05, 0.1) is 5.92 Å². The van der Waals surface area contributed by atoms with Gasteiger partial charge < -0.3 is 5.11 Å². The Hall–Kier alpha value is -0.530. The summed E-state index contributed by atoms with van der Waals surface area (Å²) in [7, 11) is 0. The van der Waals surface area contributed by atoms with Crippen LogP contribution in [-0.4, -0.2) is 11.1 Å². The van der Waals surface area contributed by atoms with Crippen LogP contribution in [0.25, 0.3) is 0 Å². The van der Waals surface area contributed by atoms with E-state index in [9.17, 15) is 9.90 Å². The number of aliphatic carboxylic acids is 1. The number of hydrogen-bond acceptors (Lipinski definition) is 1. The SMILES string of the molecule is CCCCCCCCC(C)(CCCCCCCC)C(CC)C(=O)O. The molecular formula is C22H44O2. The van der Waals surface area contributed by atoms with Crippen LogP contribution in [0, 0.1) is 11.3 Å². The first-order chi connectivity index (χ1) is 11.5. The summed E-state index contributed by atoms with van der Waals surface area (Å²) < 4.78 is 0. The van der Waals surface area contributed by atoms with Crippen LogP contribution in [0.15, 0.2) is 0 Å². The molecule has 2 heteroatoms. The van der Waals surface area contributed by atoms with Crippen LogP contribution in [0.4, 0.5) is 0 Å². The van der Waals surface area contributed by atoms with Crippen molar-refractivity contribution in [2.75, 3.05) is 0 Å². The van der Waals surface area contributed by atoms with Crippen LogP contribution in [0.5, 0.6) is 0 Å². The van der Waals surface area contributed by atoms with E-state index in [2.05, 4.69) is 20.8 Å². The Kier molecular flexibility index (Phi) is 14.5. The standard InChI is InChI=1S/C22H44O2/c1-5-8-10-12-14-16-18-22(4,20(7-3)21(23)24)19-17-15-13-11-9-6-2/h20H,5-19H2,1-4H3,(H,23,24). The second-order valence-electron chi connectivity index (χ2n) is 7.99. The van der Waals surface area contributed by atoms with E-state index in [1.165, 1.54) is 77.0 Å². The molecule has 0 bridgehead atoms. The van der Waals surface area contributed by atoms with E-state index in [0.717, 1.165) is 19.3 Å². The molecule has 0 rings (SSSR count). The van der Waals surface area contributed by atoms with Crippen LogP contribution in [0.2, 0.25) is 0 Å². The zero-order chi connectivity index (χ0) is 18.3. The summed E-state index contributed by atoms with van der Waals surface area (Å²) >= 11 is 0. The Balaban J connectivity index is 4.35. The molecule has 24 heavy (non-hydrogen) atoms. The van der Waals surface area contributed by atoms with E-state index in [-0.39, 0.29) is 11.3 Å². The lowest BCUT2D eigenvalue weighted by Gasteiger charge is -2.35. The molecule has 0 heterocycles. The topological polar surface area (TPSA) is 37.3 Å². The van der Waals surface area contributed by atoms with Crippen molar-refractivity contribution < 1.29 is 9.90 Å². The first-order valence-electron chi connectivity index (χ1n) is 10.7. The molecule has 0 aromatic carbocycles. The average Bonchev–Trinajstić information content (AvgIpc) is 2.54. The fourth-order valence-corrected chi connectivity index (χ4v) is 4.06. The number of carboxylic acid groups (broad SMARTS) is 1. The van der Waals surface area contributed by atoms with Gasteiger partial charge in [-0.05, 0) is 24.7 Å². The Labute approximate surface area is 151 Å². The Morgan fingerprint density at radius 3 is 1.46 bits per heavy atom. The number of carboxylic acids is 1. The van der Waals surface area contributed by atoms with Crippen LogP contribution < -0.4 is 0 Å². The molecule has 0 aromatic heterocycles. The van der Waals surface area contributed by atoms with E-state index < -0.39 is 5.97 Å². The van der Waals surface area contributed by atoms with Gasteiger partial charge in [-0.3, -0.25) is 4.79 Å². The molecule has 144 valence electrons. The number of unbranched alkanes of at least 4 members (excludes halogenated alkanes) is 10. The quantitative estimate of drug-likeness (QED) is 0.277. The molecule has 0 saturated carbocycles. The van der Waals surface area contributed by atoms with Crippen molar-refractivity contribution in [3.8, 4) is 0 Å². The molecule has 0 aliphatic carbocycles. The summed E-state index contributed by atoms with van der Waals surface area (Å²) in [5, 5.41) is 9.65. The van der Waals surface area contributed by atoms with Gasteiger partial charge in [-0.15, -0.1) is 0 Å². The monoisotopic (exact) mass is 340 g/mol. The van der Waals surface area contributed by atoms with E-state index in [1.807, 2.05) is 6.92 Å². The highest BCUT2D eigenvalue weighted by Gasteiger charge is 2.36. The van der Waals surface area contributed by atoms with E-state index in [0.29, 0.717) is 0 Å². The largest absolute Gasteiger partial charge is 0.481 e. The van der Waals surface area contributed by atoms with Crippen LogP contribution in [0.3, 0.4) is 0 Å². The summed E-state index contributed by atoms with van der Waals surface area (Å²) in [6.07, 6.45) is 18.4. The van der Waals surface area contributed by atoms with Crippen molar-refractivity contribution in [2.45, 2.75) is 124 Å². The minimum atomic E-state index is -0.586. The van der Waals surface area contributed by atoms with Gasteiger partial charge in [0.15, 0.2) is 0 Å². The molecule has 0 aliphatic heterocycles. The zero-order valence-corrected chi connectivity index (χ0v) is 17.0. The smallest absolute Gasteiger partial charge is 0.307 e. The van der Waals surface area contributed by atoms with Crippen molar-refractivity contribution in [1.29, 1.82) is 0 Å². The zero-order valence-electron chi connectivity index (χ0n) is 17.0. The molecule has 2 nitrogen and oxygen atoms in total. The highest BCUT2D eigenvalue weighted by atomic mass is 16.4. The minimum Gasteiger partial charge on any atom is -0.481 e. The third kappa shape index (κ3) is 10.4. The van der Waals surface area contributed by atoms with Gasteiger partial charge in [0.1, 0.15) is 0 Å². The molecule has 0 amide bonds. The molecule has 0 saturated heterocycles. The average molecular weight is 341 g/mol. The fraction of sp³-hybridized carbons (Fsp3) is 0.955. The van der Waals surface area contributed by atoms with Gasteiger partial charge in [-0.2, -0.15) is 0 Å². The minimum absolute atomic E-state index is 0.0178. The van der Waals surface area contributed by atoms with Crippen molar-refractivity contribution in [3.63, 3.8) is 0 Å². The Morgan fingerprint density at radius 2 is 1.12 bits per heavy atom. The van der Waals surface area contributed by atoms with Crippen molar-refractivity contribution in [2.24, 2.45) is 11.3 Å². The lowest BCUT2D eigenvalue weighted by atomic mass is 9.69. The third-order valence-corrected chi connectivity index (χ3v) is 5.75. The van der Waals surface area contributed by atoms with Crippen molar-refractivity contribution >= 4 is 5.97 Å². The highest BCUT2D eigenvalue weighted by Crippen LogP contribution is 2.40. The molecule has 0 aromatic rings. The molecular weight excluding hydrogens is 296 g/mol. The molecule has 1 N–H and O–H groups in total. The Morgan fingerprint density at radius 1 is 0.750 bits per heavy atom. The lowest BCUT2D eigenvalue weighted by molar-refractivity contribution is -0.147. The third-order valence-electron chi connectivity index (χ3n) is 5.75. The van der Waals surface area contributed by atoms with Crippen molar-refractivity contribution in [1.82, 2.24) is 0 Å². The molecule has 1 unspecified atom stereocenters. The summed E-state index contributed by atoms with van der Waals surface area (Å²) in [6, 6.07) is 0. The van der Waals surface area contributed by atoms with E-state index in [1.54, 1.807) is 0 Å². The van der Waals surface area contributed by atoms with Gasteiger partial charge >= 0.3 is 5.97 Å².